The van der Waals surface area contributed by atoms with Gasteiger partial charge in [0.15, 0.2) is 17.3 Å². The van der Waals surface area contributed by atoms with Crippen LogP contribution < -0.4 is 9.47 Å². The van der Waals surface area contributed by atoms with Crippen molar-refractivity contribution in [1.82, 2.24) is 0 Å². The molecule has 102 valence electrons. The van der Waals surface area contributed by atoms with Crippen LogP contribution in [0.4, 0.5) is 0 Å². The van der Waals surface area contributed by atoms with Crippen LogP contribution in [0.3, 0.4) is 0 Å². The second-order valence-electron chi connectivity index (χ2n) is 4.15. The number of carbonyl (C=O) groups is 2. The van der Waals surface area contributed by atoms with Crippen molar-refractivity contribution >= 4 is 23.4 Å². The number of ketones is 1. The highest BCUT2D eigenvalue weighted by Crippen LogP contribution is 2.35. The summed E-state index contributed by atoms with van der Waals surface area (Å²) in [5, 5.41) is 8.83. The zero-order valence-electron chi connectivity index (χ0n) is 10.1. The van der Waals surface area contributed by atoms with Crippen LogP contribution >= 0.6 is 11.6 Å². The van der Waals surface area contributed by atoms with Gasteiger partial charge in [-0.15, -0.1) is 0 Å². The molecule has 0 fully saturated rings. The molecule has 5 nitrogen and oxygen atoms in total. The van der Waals surface area contributed by atoms with E-state index in [2.05, 4.69) is 0 Å². The lowest BCUT2D eigenvalue weighted by atomic mass is 10.0. The maximum Gasteiger partial charge on any atom is 0.303 e. The van der Waals surface area contributed by atoms with Gasteiger partial charge in [0.25, 0.3) is 0 Å². The number of aliphatic carboxylic acids is 1. The molecule has 0 spiro atoms. The third-order valence-corrected chi connectivity index (χ3v) is 3.04. The molecule has 0 aliphatic carbocycles. The highest BCUT2D eigenvalue weighted by molar-refractivity contribution is 6.34. The summed E-state index contributed by atoms with van der Waals surface area (Å²) in [4.78, 5) is 22.4. The summed E-state index contributed by atoms with van der Waals surface area (Å²) >= 11 is 6.02. The topological polar surface area (TPSA) is 72.8 Å². The van der Waals surface area contributed by atoms with E-state index in [4.69, 9.17) is 26.2 Å². The number of fused-ring (bicyclic) bond motifs is 1. The lowest BCUT2D eigenvalue weighted by Crippen LogP contribution is -2.16. The van der Waals surface area contributed by atoms with Crippen LogP contribution in [0.2, 0.25) is 5.02 Å². The van der Waals surface area contributed by atoms with Gasteiger partial charge in [0, 0.05) is 24.5 Å². The number of carboxylic acids is 1. The summed E-state index contributed by atoms with van der Waals surface area (Å²) in [6.45, 7) is 0.885. The average Bonchev–Trinajstić information content (AvgIpc) is 2.37. The van der Waals surface area contributed by atoms with Crippen molar-refractivity contribution in [2.75, 3.05) is 13.2 Å². The smallest absolute Gasteiger partial charge is 0.303 e. The average molecular weight is 285 g/mol. The Kier molecular flexibility index (Phi) is 4.27. The third kappa shape index (κ3) is 3.38. The molecule has 0 amide bonds. The molecule has 0 aromatic heterocycles. The van der Waals surface area contributed by atoms with Gasteiger partial charge in [-0.25, -0.2) is 0 Å². The molecule has 1 aromatic carbocycles. The fourth-order valence-corrected chi connectivity index (χ4v) is 2.07. The largest absolute Gasteiger partial charge is 0.486 e. The third-order valence-electron chi connectivity index (χ3n) is 2.73. The monoisotopic (exact) mass is 284 g/mol. The molecule has 0 unspecified atom stereocenters. The molecule has 6 heteroatoms. The summed E-state index contributed by atoms with van der Waals surface area (Å²) in [5.41, 5.74) is 0.344. The number of rotatable bonds is 5. The number of ether oxygens (including phenoxy) is 2. The Morgan fingerprint density at radius 2 is 1.79 bits per heavy atom. The first-order chi connectivity index (χ1) is 9.08. The Morgan fingerprint density at radius 1 is 1.16 bits per heavy atom. The van der Waals surface area contributed by atoms with E-state index in [9.17, 15) is 9.59 Å². The SMILES string of the molecule is O=C(O)CCCC(=O)c1cc2c(cc1Cl)OCCO2. The fraction of sp³-hybridized carbons (Fsp3) is 0.385. The minimum absolute atomic E-state index is 0.0338. The van der Waals surface area contributed by atoms with E-state index in [-0.39, 0.29) is 18.6 Å². The Morgan fingerprint density at radius 3 is 2.42 bits per heavy atom. The molecule has 1 heterocycles. The standard InChI is InChI=1S/C13H13ClO5/c14-9-7-12-11(18-4-5-19-12)6-8(9)10(15)2-1-3-13(16)17/h6-7H,1-5H2,(H,16,17). The van der Waals surface area contributed by atoms with Crippen LogP contribution in [0.25, 0.3) is 0 Å². The molecule has 0 saturated heterocycles. The van der Waals surface area contributed by atoms with E-state index >= 15 is 0 Å². The van der Waals surface area contributed by atoms with Crippen molar-refractivity contribution in [2.24, 2.45) is 0 Å². The number of halogens is 1. The Balaban J connectivity index is 2.11. The van der Waals surface area contributed by atoms with Gasteiger partial charge < -0.3 is 14.6 Å². The van der Waals surface area contributed by atoms with Crippen LogP contribution in [-0.2, 0) is 4.79 Å². The van der Waals surface area contributed by atoms with E-state index in [1.165, 1.54) is 0 Å². The molecular weight excluding hydrogens is 272 g/mol. The molecular formula is C13H13ClO5. The van der Waals surface area contributed by atoms with Gasteiger partial charge in [-0.3, -0.25) is 9.59 Å². The van der Waals surface area contributed by atoms with Crippen LogP contribution in [-0.4, -0.2) is 30.1 Å². The minimum Gasteiger partial charge on any atom is -0.486 e. The Bertz CT molecular complexity index is 512. The number of carboxylic acid groups (broad SMARTS) is 1. The summed E-state index contributed by atoms with van der Waals surface area (Å²) < 4.78 is 10.7. The van der Waals surface area contributed by atoms with E-state index in [0.29, 0.717) is 41.7 Å². The van der Waals surface area contributed by atoms with E-state index in [1.807, 2.05) is 0 Å². The molecule has 2 rings (SSSR count). The first-order valence-corrected chi connectivity index (χ1v) is 6.30. The lowest BCUT2D eigenvalue weighted by Gasteiger charge is -2.19. The Labute approximate surface area is 115 Å². The number of hydrogen-bond acceptors (Lipinski definition) is 4. The molecule has 1 aliphatic heterocycles. The maximum atomic E-state index is 12.0. The summed E-state index contributed by atoms with van der Waals surface area (Å²) in [7, 11) is 0. The number of hydrogen-bond donors (Lipinski definition) is 1. The molecule has 0 radical (unpaired) electrons. The molecule has 1 N–H and O–H groups in total. The second-order valence-corrected chi connectivity index (χ2v) is 4.55. The predicted molar refractivity (Wildman–Crippen MR) is 68.3 cm³/mol. The zero-order valence-corrected chi connectivity index (χ0v) is 10.9. The van der Waals surface area contributed by atoms with Gasteiger partial charge in [-0.1, -0.05) is 11.6 Å². The van der Waals surface area contributed by atoms with Crippen molar-refractivity contribution in [3.05, 3.63) is 22.7 Å². The molecule has 19 heavy (non-hydrogen) atoms. The fourth-order valence-electron chi connectivity index (χ4n) is 1.81. The van der Waals surface area contributed by atoms with E-state index < -0.39 is 5.97 Å². The van der Waals surface area contributed by atoms with Gasteiger partial charge in [0.1, 0.15) is 13.2 Å². The van der Waals surface area contributed by atoms with E-state index in [0.717, 1.165) is 0 Å². The van der Waals surface area contributed by atoms with Crippen molar-refractivity contribution in [3.8, 4) is 11.5 Å². The minimum atomic E-state index is -0.916. The van der Waals surface area contributed by atoms with Crippen LogP contribution in [0.15, 0.2) is 12.1 Å². The van der Waals surface area contributed by atoms with Crippen molar-refractivity contribution in [3.63, 3.8) is 0 Å². The van der Waals surface area contributed by atoms with E-state index in [1.54, 1.807) is 12.1 Å². The summed E-state index contributed by atoms with van der Waals surface area (Å²) in [6, 6.07) is 3.11. The first kappa shape index (κ1) is 13.7. The molecule has 1 aliphatic rings. The van der Waals surface area contributed by atoms with Gasteiger partial charge >= 0.3 is 5.97 Å². The van der Waals surface area contributed by atoms with Crippen LogP contribution in [0.1, 0.15) is 29.6 Å². The van der Waals surface area contributed by atoms with Crippen molar-refractivity contribution < 1.29 is 24.2 Å². The molecule has 0 atom stereocenters. The highest BCUT2D eigenvalue weighted by Gasteiger charge is 2.18. The quantitative estimate of drug-likeness (QED) is 0.841. The summed E-state index contributed by atoms with van der Waals surface area (Å²) in [6.07, 6.45) is 0.401. The highest BCUT2D eigenvalue weighted by atomic mass is 35.5. The van der Waals surface area contributed by atoms with Crippen LogP contribution in [0, 0.1) is 0 Å². The predicted octanol–water partition coefficient (Wildman–Crippen LogP) is 2.55. The number of Topliss-reactive ketones (excluding diaryl/α,β-unsaturated/α-hetero) is 1. The van der Waals surface area contributed by atoms with Gasteiger partial charge in [0.2, 0.25) is 0 Å². The first-order valence-electron chi connectivity index (χ1n) is 5.92. The zero-order chi connectivity index (χ0) is 13.8. The molecule has 0 bridgehead atoms. The second kappa shape index (κ2) is 5.93. The van der Waals surface area contributed by atoms with Gasteiger partial charge in [-0.05, 0) is 12.5 Å². The normalized spacial score (nSPS) is 13.1. The molecule has 1 aromatic rings. The Hall–Kier alpha value is -1.75. The lowest BCUT2D eigenvalue weighted by molar-refractivity contribution is -0.137. The summed E-state index contributed by atoms with van der Waals surface area (Å²) in [5.74, 6) is -0.0835. The van der Waals surface area contributed by atoms with Gasteiger partial charge in [-0.2, -0.15) is 0 Å². The van der Waals surface area contributed by atoms with Crippen molar-refractivity contribution in [1.29, 1.82) is 0 Å². The van der Waals surface area contributed by atoms with Crippen molar-refractivity contribution in [2.45, 2.75) is 19.3 Å². The molecule has 0 saturated carbocycles. The maximum absolute atomic E-state index is 12.0. The van der Waals surface area contributed by atoms with Gasteiger partial charge in [0.05, 0.1) is 5.02 Å². The number of benzene rings is 1. The van der Waals surface area contributed by atoms with Crippen LogP contribution in [0.5, 0.6) is 11.5 Å². The number of carbonyl (C=O) groups excluding carboxylic acids is 1.